The van der Waals surface area contributed by atoms with E-state index in [-0.39, 0.29) is 0 Å². The molecule has 0 amide bonds. The van der Waals surface area contributed by atoms with Crippen LogP contribution in [0.1, 0.15) is 0 Å². The SMILES string of the molecule is Nc1ccccc1N1CCN(c2ncc(Cl)cc2Br)CC1. The van der Waals surface area contributed by atoms with Crippen LogP contribution in [-0.4, -0.2) is 31.2 Å². The predicted molar refractivity (Wildman–Crippen MR) is 92.2 cm³/mol. The largest absolute Gasteiger partial charge is 0.397 e. The lowest BCUT2D eigenvalue weighted by Crippen LogP contribution is -2.47. The molecule has 4 nitrogen and oxygen atoms in total. The average molecular weight is 368 g/mol. The molecule has 0 atom stereocenters. The second kappa shape index (κ2) is 6.12. The second-order valence-corrected chi connectivity index (χ2v) is 6.28. The van der Waals surface area contributed by atoms with Gasteiger partial charge in [0, 0.05) is 32.4 Å². The molecule has 0 spiro atoms. The summed E-state index contributed by atoms with van der Waals surface area (Å²) in [4.78, 5) is 9.00. The van der Waals surface area contributed by atoms with E-state index in [1.54, 1.807) is 6.20 Å². The summed E-state index contributed by atoms with van der Waals surface area (Å²) in [6.45, 7) is 3.65. The molecule has 2 heterocycles. The minimum atomic E-state index is 0.640. The van der Waals surface area contributed by atoms with Crippen molar-refractivity contribution in [2.45, 2.75) is 0 Å². The van der Waals surface area contributed by atoms with E-state index < -0.39 is 0 Å². The number of nitrogens with zero attached hydrogens (tertiary/aromatic N) is 3. The van der Waals surface area contributed by atoms with Crippen molar-refractivity contribution >= 4 is 44.7 Å². The van der Waals surface area contributed by atoms with Crippen LogP contribution in [0.4, 0.5) is 17.2 Å². The van der Waals surface area contributed by atoms with Crippen molar-refractivity contribution in [2.24, 2.45) is 0 Å². The third-order valence-corrected chi connectivity index (χ3v) is 4.44. The zero-order valence-corrected chi connectivity index (χ0v) is 13.8. The molecule has 1 aliphatic heterocycles. The summed E-state index contributed by atoms with van der Waals surface area (Å²) >= 11 is 9.48. The fourth-order valence-corrected chi connectivity index (χ4v) is 3.46. The smallest absolute Gasteiger partial charge is 0.143 e. The van der Waals surface area contributed by atoms with Crippen molar-refractivity contribution in [3.05, 3.63) is 46.0 Å². The Morgan fingerprint density at radius 2 is 1.76 bits per heavy atom. The second-order valence-electron chi connectivity index (χ2n) is 4.99. The number of rotatable bonds is 2. The molecule has 0 radical (unpaired) electrons. The summed E-state index contributed by atoms with van der Waals surface area (Å²) in [5.74, 6) is 0.945. The lowest BCUT2D eigenvalue weighted by atomic mass is 10.2. The molecule has 0 saturated carbocycles. The molecule has 2 aromatic rings. The monoisotopic (exact) mass is 366 g/mol. The van der Waals surface area contributed by atoms with Crippen LogP contribution in [0.5, 0.6) is 0 Å². The standard InChI is InChI=1S/C15H16BrClN4/c16-12-9-11(17)10-19-15(12)21-7-5-20(6-8-21)14-4-2-1-3-13(14)18/h1-4,9-10H,5-8,18H2. The van der Waals surface area contributed by atoms with E-state index in [0.717, 1.165) is 47.8 Å². The van der Waals surface area contributed by atoms with Crippen LogP contribution in [0.25, 0.3) is 0 Å². The maximum absolute atomic E-state index is 6.05. The molecule has 1 saturated heterocycles. The van der Waals surface area contributed by atoms with Gasteiger partial charge in [0.05, 0.1) is 20.9 Å². The lowest BCUT2D eigenvalue weighted by molar-refractivity contribution is 0.647. The van der Waals surface area contributed by atoms with Gasteiger partial charge in [-0.2, -0.15) is 0 Å². The first-order chi connectivity index (χ1) is 10.1. The van der Waals surface area contributed by atoms with Crippen molar-refractivity contribution in [3.8, 4) is 0 Å². The highest BCUT2D eigenvalue weighted by Crippen LogP contribution is 2.29. The highest BCUT2D eigenvalue weighted by molar-refractivity contribution is 9.10. The number of aromatic nitrogens is 1. The number of anilines is 3. The van der Waals surface area contributed by atoms with E-state index in [1.807, 2.05) is 24.3 Å². The molecule has 0 aliphatic carbocycles. The molecule has 0 unspecified atom stereocenters. The van der Waals surface area contributed by atoms with Gasteiger partial charge < -0.3 is 15.5 Å². The van der Waals surface area contributed by atoms with Gasteiger partial charge in [0.25, 0.3) is 0 Å². The van der Waals surface area contributed by atoms with Gasteiger partial charge in [0.2, 0.25) is 0 Å². The van der Waals surface area contributed by atoms with Gasteiger partial charge in [-0.15, -0.1) is 0 Å². The predicted octanol–water partition coefficient (Wildman–Crippen LogP) is 3.41. The Morgan fingerprint density at radius 1 is 1.10 bits per heavy atom. The van der Waals surface area contributed by atoms with Crippen molar-refractivity contribution < 1.29 is 0 Å². The Kier molecular flexibility index (Phi) is 4.22. The van der Waals surface area contributed by atoms with E-state index in [0.29, 0.717) is 5.02 Å². The summed E-state index contributed by atoms with van der Waals surface area (Å²) in [7, 11) is 0. The number of para-hydroxylation sites is 2. The molecule has 1 aromatic carbocycles. The van der Waals surface area contributed by atoms with Gasteiger partial charge >= 0.3 is 0 Å². The summed E-state index contributed by atoms with van der Waals surface area (Å²) in [6, 6.07) is 9.88. The van der Waals surface area contributed by atoms with Crippen LogP contribution >= 0.6 is 27.5 Å². The number of hydrogen-bond donors (Lipinski definition) is 1. The van der Waals surface area contributed by atoms with Gasteiger partial charge in [-0.25, -0.2) is 4.98 Å². The summed E-state index contributed by atoms with van der Waals surface area (Å²) in [6.07, 6.45) is 1.68. The van der Waals surface area contributed by atoms with Crippen molar-refractivity contribution in [1.29, 1.82) is 0 Å². The van der Waals surface area contributed by atoms with E-state index in [9.17, 15) is 0 Å². The summed E-state index contributed by atoms with van der Waals surface area (Å²) in [5, 5.41) is 0.640. The number of benzene rings is 1. The molecule has 110 valence electrons. The van der Waals surface area contributed by atoms with Crippen LogP contribution in [0.3, 0.4) is 0 Å². The van der Waals surface area contributed by atoms with Crippen molar-refractivity contribution in [3.63, 3.8) is 0 Å². The molecule has 0 bridgehead atoms. The van der Waals surface area contributed by atoms with Crippen molar-refractivity contribution in [1.82, 2.24) is 4.98 Å². The zero-order chi connectivity index (χ0) is 14.8. The first-order valence-electron chi connectivity index (χ1n) is 6.80. The quantitative estimate of drug-likeness (QED) is 0.826. The molecule has 1 fully saturated rings. The van der Waals surface area contributed by atoms with Gasteiger partial charge in [0.15, 0.2) is 0 Å². The van der Waals surface area contributed by atoms with Gasteiger partial charge in [0.1, 0.15) is 5.82 Å². The number of halogens is 2. The van der Waals surface area contributed by atoms with Crippen LogP contribution < -0.4 is 15.5 Å². The molecular weight excluding hydrogens is 352 g/mol. The van der Waals surface area contributed by atoms with E-state index in [4.69, 9.17) is 17.3 Å². The average Bonchev–Trinajstić information content (AvgIpc) is 2.48. The molecule has 21 heavy (non-hydrogen) atoms. The fraction of sp³-hybridized carbons (Fsp3) is 0.267. The molecule has 1 aromatic heterocycles. The third kappa shape index (κ3) is 3.09. The Bertz CT molecular complexity index is 641. The molecule has 2 N–H and O–H groups in total. The minimum Gasteiger partial charge on any atom is -0.397 e. The lowest BCUT2D eigenvalue weighted by Gasteiger charge is -2.37. The Hall–Kier alpha value is -1.46. The molecular formula is C15H16BrClN4. The van der Waals surface area contributed by atoms with Crippen molar-refractivity contribution in [2.75, 3.05) is 41.7 Å². The van der Waals surface area contributed by atoms with Crippen LogP contribution in [0.2, 0.25) is 5.02 Å². The maximum Gasteiger partial charge on any atom is 0.143 e. The van der Waals surface area contributed by atoms with E-state index in [2.05, 4.69) is 36.8 Å². The minimum absolute atomic E-state index is 0.640. The highest BCUT2D eigenvalue weighted by Gasteiger charge is 2.21. The zero-order valence-electron chi connectivity index (χ0n) is 11.5. The van der Waals surface area contributed by atoms with Crippen LogP contribution in [0, 0.1) is 0 Å². The number of piperazine rings is 1. The Balaban J connectivity index is 1.72. The third-order valence-electron chi connectivity index (χ3n) is 3.65. The number of nitrogen functional groups attached to an aromatic ring is 1. The van der Waals surface area contributed by atoms with Crippen LogP contribution in [-0.2, 0) is 0 Å². The summed E-state index contributed by atoms with van der Waals surface area (Å²) < 4.78 is 0.933. The molecule has 6 heteroatoms. The molecule has 3 rings (SSSR count). The van der Waals surface area contributed by atoms with Crippen LogP contribution in [0.15, 0.2) is 41.0 Å². The van der Waals surface area contributed by atoms with Gasteiger partial charge in [-0.05, 0) is 34.1 Å². The van der Waals surface area contributed by atoms with E-state index in [1.165, 1.54) is 0 Å². The Labute approximate surface area is 137 Å². The summed E-state index contributed by atoms with van der Waals surface area (Å²) in [5.41, 5.74) is 7.99. The van der Waals surface area contributed by atoms with Gasteiger partial charge in [-0.1, -0.05) is 23.7 Å². The first-order valence-corrected chi connectivity index (χ1v) is 7.97. The maximum atomic E-state index is 6.05. The normalized spacial score (nSPS) is 15.3. The number of nitrogens with two attached hydrogens (primary N) is 1. The highest BCUT2D eigenvalue weighted by atomic mass is 79.9. The fourth-order valence-electron chi connectivity index (χ4n) is 2.57. The van der Waals surface area contributed by atoms with Gasteiger partial charge in [-0.3, -0.25) is 0 Å². The number of pyridine rings is 1. The number of hydrogen-bond acceptors (Lipinski definition) is 4. The van der Waals surface area contributed by atoms with E-state index >= 15 is 0 Å². The topological polar surface area (TPSA) is 45.4 Å². The Morgan fingerprint density at radius 3 is 2.43 bits per heavy atom. The molecule has 1 aliphatic rings. The first kappa shape index (κ1) is 14.5.